The maximum atomic E-state index is 14.4. The first-order valence-electron chi connectivity index (χ1n) is 15.2. The SMILES string of the molecule is COC(COc1cc(-c2nnn(C3CC(N4CCN(C(=O)OC(C)(C)C)CC4)C3)c2C)cc2ncc(Cl)n12)c1ncc(F)cc1F. The number of ether oxygens (including phenoxy) is 3. The minimum Gasteiger partial charge on any atom is -0.475 e. The molecule has 0 radical (unpaired) electrons. The van der Waals surface area contributed by atoms with Crippen LogP contribution in [0.2, 0.25) is 5.15 Å². The molecule has 4 aromatic rings. The predicted molar refractivity (Wildman–Crippen MR) is 165 cm³/mol. The highest BCUT2D eigenvalue weighted by atomic mass is 35.5. The number of aromatic nitrogens is 6. The Labute approximate surface area is 270 Å². The number of halogens is 3. The van der Waals surface area contributed by atoms with Gasteiger partial charge in [0.25, 0.3) is 0 Å². The standard InChI is InChI=1S/C31H37ClF2N8O4/c1-18-28(37-38-42(18)22-13-21(14-22)39-6-8-40(9-7-39)30(43)46-31(2,3)4)19-10-26-35-16-25(32)41(26)27(11-19)45-17-24(44-5)29-23(34)12-20(33)15-36-29/h10-12,15-16,21-22,24H,6-9,13-14,17H2,1-5H3. The van der Waals surface area contributed by atoms with Crippen LogP contribution in [0.1, 0.15) is 57.1 Å². The lowest BCUT2D eigenvalue weighted by Gasteiger charge is -2.46. The number of piperazine rings is 1. The van der Waals surface area contributed by atoms with Crippen LogP contribution in [0.25, 0.3) is 16.9 Å². The van der Waals surface area contributed by atoms with Crippen molar-refractivity contribution >= 4 is 23.3 Å². The smallest absolute Gasteiger partial charge is 0.410 e. The van der Waals surface area contributed by atoms with Crippen molar-refractivity contribution in [2.24, 2.45) is 0 Å². The number of nitrogens with zero attached hydrogens (tertiary/aromatic N) is 8. The Balaban J connectivity index is 1.13. The summed E-state index contributed by atoms with van der Waals surface area (Å²) in [6.45, 7) is 10.4. The second kappa shape index (κ2) is 12.7. The molecule has 2 aliphatic rings. The molecule has 1 atom stereocenters. The van der Waals surface area contributed by atoms with Gasteiger partial charge in [0.15, 0.2) is 0 Å². The molecule has 46 heavy (non-hydrogen) atoms. The van der Waals surface area contributed by atoms with Crippen molar-refractivity contribution in [1.29, 1.82) is 0 Å². The summed E-state index contributed by atoms with van der Waals surface area (Å²) in [7, 11) is 1.39. The van der Waals surface area contributed by atoms with E-state index in [4.69, 9.17) is 25.8 Å². The zero-order valence-electron chi connectivity index (χ0n) is 26.4. The number of methoxy groups -OCH3 is 1. The molecule has 1 saturated carbocycles. The molecule has 1 aliphatic heterocycles. The summed E-state index contributed by atoms with van der Waals surface area (Å²) in [5.41, 5.74) is 2.25. The van der Waals surface area contributed by atoms with E-state index >= 15 is 0 Å². The van der Waals surface area contributed by atoms with Crippen molar-refractivity contribution in [3.8, 4) is 17.1 Å². The van der Waals surface area contributed by atoms with Crippen LogP contribution in [0.5, 0.6) is 5.88 Å². The first-order chi connectivity index (χ1) is 21.9. The summed E-state index contributed by atoms with van der Waals surface area (Å²) >= 11 is 6.43. The third kappa shape index (κ3) is 6.51. The monoisotopic (exact) mass is 658 g/mol. The number of fused-ring (bicyclic) bond motifs is 1. The molecule has 1 aliphatic carbocycles. The molecular formula is C31H37ClF2N8O4. The third-order valence-corrected chi connectivity index (χ3v) is 8.72. The van der Waals surface area contributed by atoms with Crippen molar-refractivity contribution in [2.45, 2.75) is 64.3 Å². The zero-order chi connectivity index (χ0) is 32.7. The molecule has 1 amide bonds. The average Bonchev–Trinajstić information content (AvgIpc) is 3.55. The molecule has 0 aromatic carbocycles. The summed E-state index contributed by atoms with van der Waals surface area (Å²) < 4.78 is 48.4. The molecule has 12 nitrogen and oxygen atoms in total. The van der Waals surface area contributed by atoms with Gasteiger partial charge in [-0.3, -0.25) is 14.3 Å². The highest BCUT2D eigenvalue weighted by molar-refractivity contribution is 6.29. The van der Waals surface area contributed by atoms with Crippen LogP contribution in [0.15, 0.2) is 30.6 Å². The molecule has 0 spiro atoms. The van der Waals surface area contributed by atoms with Gasteiger partial charge in [0, 0.05) is 57.0 Å². The molecule has 0 bridgehead atoms. The number of rotatable bonds is 8. The summed E-state index contributed by atoms with van der Waals surface area (Å²) in [5, 5.41) is 9.34. The van der Waals surface area contributed by atoms with Crippen molar-refractivity contribution < 1.29 is 27.8 Å². The third-order valence-electron chi connectivity index (χ3n) is 8.46. The molecule has 1 saturated heterocycles. The zero-order valence-corrected chi connectivity index (χ0v) is 27.2. The van der Waals surface area contributed by atoms with E-state index in [0.717, 1.165) is 49.5 Å². The van der Waals surface area contributed by atoms with Crippen LogP contribution >= 0.6 is 11.6 Å². The molecule has 5 heterocycles. The second-order valence-electron chi connectivity index (χ2n) is 12.7. The van der Waals surface area contributed by atoms with Crippen LogP contribution in [0, 0.1) is 18.6 Å². The lowest BCUT2D eigenvalue weighted by molar-refractivity contribution is -0.00173. The van der Waals surface area contributed by atoms with Gasteiger partial charge in [-0.1, -0.05) is 16.8 Å². The summed E-state index contributed by atoms with van der Waals surface area (Å²) in [5.74, 6) is -1.28. The topological polar surface area (TPSA) is 112 Å². The normalized spacial score (nSPS) is 19.7. The van der Waals surface area contributed by atoms with Crippen molar-refractivity contribution in [3.05, 3.63) is 58.8 Å². The highest BCUT2D eigenvalue weighted by Crippen LogP contribution is 2.38. The number of amides is 1. The van der Waals surface area contributed by atoms with Gasteiger partial charge in [-0.15, -0.1) is 5.10 Å². The van der Waals surface area contributed by atoms with E-state index in [-0.39, 0.29) is 24.4 Å². The fourth-order valence-electron chi connectivity index (χ4n) is 5.97. The van der Waals surface area contributed by atoms with Crippen LogP contribution < -0.4 is 4.74 Å². The molecule has 0 N–H and O–H groups in total. The molecule has 1 unspecified atom stereocenters. The largest absolute Gasteiger partial charge is 0.475 e. The van der Waals surface area contributed by atoms with E-state index in [2.05, 4.69) is 25.2 Å². The fourth-order valence-corrected chi connectivity index (χ4v) is 6.19. The maximum Gasteiger partial charge on any atom is 0.410 e. The van der Waals surface area contributed by atoms with Gasteiger partial charge in [0.1, 0.15) is 52.1 Å². The fraction of sp³-hybridized carbons (Fsp3) is 0.516. The highest BCUT2D eigenvalue weighted by Gasteiger charge is 2.38. The van der Waals surface area contributed by atoms with Gasteiger partial charge in [-0.25, -0.2) is 23.2 Å². The molecule has 2 fully saturated rings. The van der Waals surface area contributed by atoms with Gasteiger partial charge in [-0.05, 0) is 46.6 Å². The average molecular weight is 659 g/mol. The second-order valence-corrected chi connectivity index (χ2v) is 13.1. The van der Waals surface area contributed by atoms with Crippen LogP contribution in [-0.4, -0.2) is 96.8 Å². The summed E-state index contributed by atoms with van der Waals surface area (Å²) in [6.07, 6.45) is 3.15. The Morgan fingerprint density at radius 2 is 1.80 bits per heavy atom. The minimum absolute atomic E-state index is 0.0736. The van der Waals surface area contributed by atoms with E-state index in [9.17, 15) is 13.6 Å². The van der Waals surface area contributed by atoms with Crippen molar-refractivity contribution in [3.63, 3.8) is 0 Å². The molecule has 6 rings (SSSR count). The molecule has 4 aromatic heterocycles. The van der Waals surface area contributed by atoms with Crippen LogP contribution in [0.3, 0.4) is 0 Å². The number of pyridine rings is 2. The van der Waals surface area contributed by atoms with E-state index < -0.39 is 23.3 Å². The Bertz CT molecular complexity index is 1730. The molecule has 246 valence electrons. The van der Waals surface area contributed by atoms with Crippen molar-refractivity contribution in [2.75, 3.05) is 39.9 Å². The number of carbonyl (C=O) groups excluding carboxylic acids is 1. The van der Waals surface area contributed by atoms with E-state index in [1.54, 1.807) is 15.4 Å². The van der Waals surface area contributed by atoms with Gasteiger partial charge >= 0.3 is 6.09 Å². The Kier molecular flexibility index (Phi) is 8.87. The van der Waals surface area contributed by atoms with Gasteiger partial charge in [0.05, 0.1) is 24.1 Å². The Hall–Kier alpha value is -3.88. The summed E-state index contributed by atoms with van der Waals surface area (Å²) in [6, 6.07) is 4.99. The van der Waals surface area contributed by atoms with E-state index in [1.807, 2.05) is 38.4 Å². The number of hydrogen-bond acceptors (Lipinski definition) is 9. The number of imidazole rings is 1. The molecular weight excluding hydrogens is 622 g/mol. The predicted octanol–water partition coefficient (Wildman–Crippen LogP) is 5.25. The Morgan fingerprint density at radius 3 is 2.48 bits per heavy atom. The summed E-state index contributed by atoms with van der Waals surface area (Å²) in [4.78, 5) is 24.9. The lowest BCUT2D eigenvalue weighted by Crippen LogP contribution is -2.55. The quantitative estimate of drug-likeness (QED) is 0.251. The van der Waals surface area contributed by atoms with Crippen molar-refractivity contribution in [1.82, 2.24) is 39.2 Å². The number of carbonyl (C=O) groups is 1. The van der Waals surface area contributed by atoms with E-state index in [1.165, 1.54) is 13.3 Å². The maximum absolute atomic E-state index is 14.4. The van der Waals surface area contributed by atoms with Gasteiger partial charge in [-0.2, -0.15) is 0 Å². The lowest BCUT2D eigenvalue weighted by atomic mass is 9.85. The van der Waals surface area contributed by atoms with Gasteiger partial charge < -0.3 is 19.1 Å². The minimum atomic E-state index is -0.906. The van der Waals surface area contributed by atoms with Gasteiger partial charge in [0.2, 0.25) is 5.88 Å². The van der Waals surface area contributed by atoms with E-state index in [0.29, 0.717) is 41.5 Å². The Morgan fingerprint density at radius 1 is 1.07 bits per heavy atom. The molecule has 15 heteroatoms. The first-order valence-corrected chi connectivity index (χ1v) is 15.6. The number of hydrogen-bond donors (Lipinski definition) is 0. The first kappa shape index (κ1) is 32.1. The van der Waals surface area contributed by atoms with Crippen LogP contribution in [-0.2, 0) is 9.47 Å². The van der Waals surface area contributed by atoms with Crippen LogP contribution in [0.4, 0.5) is 13.6 Å².